The maximum absolute atomic E-state index is 13.1. The van der Waals surface area contributed by atoms with Crippen LogP contribution in [0.1, 0.15) is 38.8 Å². The minimum absolute atomic E-state index is 0.433. The first-order chi connectivity index (χ1) is 18.1. The zero-order valence-electron chi connectivity index (χ0n) is 23.0. The van der Waals surface area contributed by atoms with Crippen LogP contribution in [0, 0.1) is 13.8 Å². The Labute approximate surface area is 237 Å². The van der Waals surface area contributed by atoms with Crippen LogP contribution in [0.2, 0.25) is 0 Å². The third-order valence-corrected chi connectivity index (χ3v) is 8.43. The minimum atomic E-state index is -1.39. The minimum Gasteiger partial charge on any atom is -0.493 e. The van der Waals surface area contributed by atoms with Gasteiger partial charge in [-0.15, -0.1) is 11.3 Å². The maximum Gasteiger partial charge on any atom is 0.217 e. The van der Waals surface area contributed by atoms with Crippen LogP contribution in [-0.2, 0) is 5.60 Å². The Morgan fingerprint density at radius 3 is 2.37 bits per heavy atom. The van der Waals surface area contributed by atoms with E-state index < -0.39 is 11.5 Å². The van der Waals surface area contributed by atoms with E-state index in [1.807, 2.05) is 50.5 Å². The predicted molar refractivity (Wildman–Crippen MR) is 158 cm³/mol. The number of thiophene rings is 1. The fourth-order valence-corrected chi connectivity index (χ4v) is 6.53. The number of halogens is 1. The molecule has 0 aliphatic carbocycles. The number of pyridine rings is 1. The third kappa shape index (κ3) is 5.41. The highest BCUT2D eigenvalue weighted by atomic mass is 79.9. The van der Waals surface area contributed by atoms with Crippen molar-refractivity contribution < 1.29 is 19.3 Å². The lowest BCUT2D eigenvalue weighted by molar-refractivity contribution is 0.00148. The molecule has 0 spiro atoms. The number of ether oxygens (including phenoxy) is 3. The van der Waals surface area contributed by atoms with E-state index in [0.717, 1.165) is 31.4 Å². The average molecular weight is 600 g/mol. The number of para-hydroxylation sites is 1. The number of hydrogen-bond donors (Lipinski definition) is 1. The van der Waals surface area contributed by atoms with E-state index in [-0.39, 0.29) is 0 Å². The highest BCUT2D eigenvalue weighted by Crippen LogP contribution is 2.52. The molecule has 0 radical (unpaired) electrons. The molecule has 4 aromatic rings. The van der Waals surface area contributed by atoms with Crippen LogP contribution >= 0.6 is 27.3 Å². The van der Waals surface area contributed by atoms with Crippen molar-refractivity contribution in [1.82, 2.24) is 9.88 Å². The van der Waals surface area contributed by atoms with Crippen molar-refractivity contribution in [2.75, 3.05) is 42.0 Å². The first-order valence-corrected chi connectivity index (χ1v) is 14.0. The summed E-state index contributed by atoms with van der Waals surface area (Å²) in [5, 5.41) is 14.0. The Bertz CT molecular complexity index is 1440. The smallest absolute Gasteiger partial charge is 0.217 e. The Hall–Kier alpha value is -2.65. The molecule has 0 aliphatic heterocycles. The number of benzene rings is 2. The molecule has 2 aromatic heterocycles. The fourth-order valence-electron chi connectivity index (χ4n) is 5.19. The van der Waals surface area contributed by atoms with Crippen molar-refractivity contribution in [1.29, 1.82) is 0 Å². The number of aliphatic hydroxyl groups is 1. The molecule has 0 aliphatic rings. The van der Waals surface area contributed by atoms with Crippen LogP contribution in [0.4, 0.5) is 0 Å². The lowest BCUT2D eigenvalue weighted by atomic mass is 9.71. The molecule has 4 rings (SSSR count). The van der Waals surface area contributed by atoms with E-state index in [9.17, 15) is 5.11 Å². The molecule has 0 saturated carbocycles. The van der Waals surface area contributed by atoms with E-state index in [1.165, 1.54) is 4.88 Å². The van der Waals surface area contributed by atoms with Gasteiger partial charge in [-0.3, -0.25) is 0 Å². The van der Waals surface area contributed by atoms with E-state index in [4.69, 9.17) is 19.2 Å². The molecular weight excluding hydrogens is 564 g/mol. The monoisotopic (exact) mass is 598 g/mol. The number of nitrogens with zero attached hydrogens (tertiary/aromatic N) is 2. The summed E-state index contributed by atoms with van der Waals surface area (Å²) in [6.45, 7) is 4.84. The zero-order valence-corrected chi connectivity index (χ0v) is 25.4. The number of aromatic nitrogens is 1. The average Bonchev–Trinajstić information content (AvgIpc) is 3.23. The van der Waals surface area contributed by atoms with Crippen LogP contribution in [0.15, 0.2) is 53.0 Å². The number of methoxy groups -OCH3 is 3. The molecule has 2 heterocycles. The van der Waals surface area contributed by atoms with Crippen LogP contribution in [0.5, 0.6) is 17.4 Å². The summed E-state index contributed by atoms with van der Waals surface area (Å²) in [4.78, 5) is 9.26. The van der Waals surface area contributed by atoms with Crippen molar-refractivity contribution in [2.45, 2.75) is 31.8 Å². The number of fused-ring (bicyclic) bond motifs is 1. The van der Waals surface area contributed by atoms with Crippen molar-refractivity contribution in [3.8, 4) is 17.4 Å². The van der Waals surface area contributed by atoms with Crippen molar-refractivity contribution >= 4 is 38.2 Å². The molecule has 6 nitrogen and oxygen atoms in total. The topological polar surface area (TPSA) is 64.1 Å². The summed E-state index contributed by atoms with van der Waals surface area (Å²) < 4.78 is 18.4. The van der Waals surface area contributed by atoms with Gasteiger partial charge in [0.1, 0.15) is 5.60 Å². The van der Waals surface area contributed by atoms with E-state index in [1.54, 1.807) is 32.7 Å². The summed E-state index contributed by atoms with van der Waals surface area (Å²) >= 11 is 5.32. The molecule has 0 amide bonds. The summed E-state index contributed by atoms with van der Waals surface area (Å²) in [5.74, 6) is 1.07. The largest absolute Gasteiger partial charge is 0.493 e. The number of hydrogen-bond acceptors (Lipinski definition) is 7. The molecule has 0 bridgehead atoms. The van der Waals surface area contributed by atoms with E-state index in [2.05, 4.69) is 46.8 Å². The highest BCUT2D eigenvalue weighted by Gasteiger charge is 2.45. The van der Waals surface area contributed by atoms with Gasteiger partial charge in [-0.05, 0) is 76.3 Å². The lowest BCUT2D eigenvalue weighted by Gasteiger charge is -2.39. The number of aryl methyl sites for hydroxylation is 2. The zero-order chi connectivity index (χ0) is 27.6. The van der Waals surface area contributed by atoms with Gasteiger partial charge in [-0.2, -0.15) is 0 Å². The molecule has 0 saturated heterocycles. The first-order valence-electron chi connectivity index (χ1n) is 12.4. The van der Waals surface area contributed by atoms with Gasteiger partial charge in [-0.25, -0.2) is 4.98 Å². The van der Waals surface area contributed by atoms with Gasteiger partial charge in [0.2, 0.25) is 5.88 Å². The first kappa shape index (κ1) is 28.4. The molecule has 38 heavy (non-hydrogen) atoms. The molecule has 0 unspecified atom stereocenters. The van der Waals surface area contributed by atoms with Gasteiger partial charge in [0.15, 0.2) is 11.5 Å². The van der Waals surface area contributed by atoms with Gasteiger partial charge in [0.05, 0.1) is 26.8 Å². The quantitative estimate of drug-likeness (QED) is 0.220. The SMILES string of the molecule is COc1cccc([C@](O)(CCN(C)C)[C@@H](c2cc3cc(Br)ccc3nc2OC)c2cc(C)sc2C)c1OC. The molecule has 1 N–H and O–H groups in total. The fraction of sp³-hybridized carbons (Fsp3) is 0.367. The molecule has 2 atom stereocenters. The summed E-state index contributed by atoms with van der Waals surface area (Å²) in [6.07, 6.45) is 0.433. The van der Waals surface area contributed by atoms with Crippen molar-refractivity contribution in [3.63, 3.8) is 0 Å². The van der Waals surface area contributed by atoms with E-state index >= 15 is 0 Å². The Morgan fingerprint density at radius 1 is 1.00 bits per heavy atom. The summed E-state index contributed by atoms with van der Waals surface area (Å²) in [7, 11) is 8.86. The number of rotatable bonds is 10. The Morgan fingerprint density at radius 2 is 1.76 bits per heavy atom. The second-order valence-electron chi connectivity index (χ2n) is 9.74. The van der Waals surface area contributed by atoms with Gasteiger partial charge in [0.25, 0.3) is 0 Å². The molecule has 8 heteroatoms. The lowest BCUT2D eigenvalue weighted by Crippen LogP contribution is -2.38. The van der Waals surface area contributed by atoms with Crippen LogP contribution in [0.3, 0.4) is 0 Å². The summed E-state index contributed by atoms with van der Waals surface area (Å²) in [6, 6.07) is 15.9. The molecule has 0 fully saturated rings. The normalized spacial score (nSPS) is 13.9. The maximum atomic E-state index is 13.1. The molecular formula is C30H35BrN2O4S. The standard InChI is InChI=1S/C30H35BrN2O4S/c1-18-15-22(19(2)38-18)27(23-17-20-16-21(31)11-12-25(20)32-29(23)37-7)30(34,13-14-33(3)4)24-9-8-10-26(35-5)28(24)36-6/h8-12,15-17,27,34H,13-14H2,1-7H3/t27-,30-/m1/s1. The van der Waals surface area contributed by atoms with Crippen LogP contribution in [-0.4, -0.2) is 57.0 Å². The van der Waals surface area contributed by atoms with Gasteiger partial charge < -0.3 is 24.2 Å². The van der Waals surface area contributed by atoms with Crippen LogP contribution < -0.4 is 14.2 Å². The third-order valence-electron chi connectivity index (χ3n) is 6.95. The Kier molecular flexibility index (Phi) is 8.67. The van der Waals surface area contributed by atoms with Gasteiger partial charge >= 0.3 is 0 Å². The van der Waals surface area contributed by atoms with Gasteiger partial charge in [-0.1, -0.05) is 28.1 Å². The summed E-state index contributed by atoms with van der Waals surface area (Å²) in [5.41, 5.74) is 1.93. The van der Waals surface area contributed by atoms with Gasteiger partial charge in [0, 0.05) is 43.2 Å². The molecule has 202 valence electrons. The molecule has 2 aromatic carbocycles. The van der Waals surface area contributed by atoms with Crippen LogP contribution in [0.25, 0.3) is 10.9 Å². The second-order valence-corrected chi connectivity index (χ2v) is 12.1. The predicted octanol–water partition coefficient (Wildman–Crippen LogP) is 6.67. The Balaban J connectivity index is 2.11. The van der Waals surface area contributed by atoms with Crippen molar-refractivity contribution in [3.05, 3.63) is 79.4 Å². The van der Waals surface area contributed by atoms with E-state index in [0.29, 0.717) is 35.9 Å². The second kappa shape index (κ2) is 11.6. The highest BCUT2D eigenvalue weighted by molar-refractivity contribution is 9.10. The van der Waals surface area contributed by atoms with Crippen molar-refractivity contribution in [2.24, 2.45) is 0 Å².